The van der Waals surface area contributed by atoms with Crippen molar-refractivity contribution < 1.29 is 33.4 Å². The minimum absolute atomic E-state index is 0.00622. The second kappa shape index (κ2) is 16.5. The minimum atomic E-state index is -0.937. The van der Waals surface area contributed by atoms with Gasteiger partial charge in [-0.1, -0.05) is 42.5 Å². The van der Waals surface area contributed by atoms with Gasteiger partial charge in [-0.25, -0.2) is 18.8 Å². The average Bonchev–Trinajstić information content (AvgIpc) is 3.85. The number of benzene rings is 3. The zero-order valence-corrected chi connectivity index (χ0v) is 24.8. The van der Waals surface area contributed by atoms with E-state index in [1.807, 2.05) is 24.3 Å². The molecule has 10 heteroatoms. The van der Waals surface area contributed by atoms with Gasteiger partial charge in [0.1, 0.15) is 5.82 Å². The smallest absolute Gasteiger partial charge is 0.336 e. The molecule has 0 bridgehead atoms. The summed E-state index contributed by atoms with van der Waals surface area (Å²) < 4.78 is 25.6. The number of isocyanates is 1. The molecule has 2 unspecified atom stereocenters. The molecule has 44 heavy (non-hydrogen) atoms. The van der Waals surface area contributed by atoms with Gasteiger partial charge in [-0.3, -0.25) is 0 Å². The standard InChI is InChI=1S/C27H33FN2O5.C7H5NO/c1-18-5-2-6-19(25(18)26(31)32)17-35-24-10-4-9-23(16-24)34-14-13-30(22-11-12-22)27(33)29-21-8-3-7-20(28)15-21;9-6-8-7-4-2-1-3-5-7/h2-3,5-8,15,22-24H,4,9-14,16-17H2,1H3,(H,29,33)(H,31,32);1-5H. The molecule has 2 aliphatic carbocycles. The van der Waals surface area contributed by atoms with E-state index in [-0.39, 0.29) is 36.7 Å². The van der Waals surface area contributed by atoms with Crippen LogP contribution < -0.4 is 5.32 Å². The predicted molar refractivity (Wildman–Crippen MR) is 164 cm³/mol. The highest BCUT2D eigenvalue weighted by atomic mass is 19.1. The number of amides is 2. The van der Waals surface area contributed by atoms with E-state index in [2.05, 4.69) is 10.3 Å². The highest BCUT2D eigenvalue weighted by molar-refractivity contribution is 5.91. The number of nitrogens with zero attached hydrogens (tertiary/aromatic N) is 2. The van der Waals surface area contributed by atoms with Crippen LogP contribution in [0.25, 0.3) is 0 Å². The zero-order valence-electron chi connectivity index (χ0n) is 24.8. The van der Waals surface area contributed by atoms with Gasteiger partial charge in [0.15, 0.2) is 0 Å². The van der Waals surface area contributed by atoms with Crippen LogP contribution in [0.1, 0.15) is 60.0 Å². The Morgan fingerprint density at radius 2 is 1.73 bits per heavy atom. The summed E-state index contributed by atoms with van der Waals surface area (Å²) in [5, 5.41) is 12.3. The van der Waals surface area contributed by atoms with Crippen LogP contribution in [0.3, 0.4) is 0 Å². The SMILES string of the molecule is Cc1cccc(COC2CCCC(OCCN(C(=O)Nc3cccc(F)c3)C3CC3)C2)c1C(=O)O.O=C=Nc1ccccc1. The minimum Gasteiger partial charge on any atom is -0.478 e. The number of rotatable bonds is 11. The summed E-state index contributed by atoms with van der Waals surface area (Å²) in [7, 11) is 0. The van der Waals surface area contributed by atoms with Gasteiger partial charge in [-0.15, -0.1) is 0 Å². The maximum absolute atomic E-state index is 13.4. The highest BCUT2D eigenvalue weighted by Crippen LogP contribution is 2.29. The molecule has 2 aliphatic rings. The number of nitrogens with one attached hydrogen (secondary N) is 1. The molecule has 9 nitrogen and oxygen atoms in total. The lowest BCUT2D eigenvalue weighted by atomic mass is 9.94. The van der Waals surface area contributed by atoms with Crippen molar-refractivity contribution in [1.29, 1.82) is 0 Å². The first kappa shape index (κ1) is 32.5. The summed E-state index contributed by atoms with van der Waals surface area (Å²) in [5.41, 5.74) is 2.81. The van der Waals surface area contributed by atoms with E-state index in [1.54, 1.807) is 48.2 Å². The fraction of sp³-hybridized carbons (Fsp3) is 0.382. The van der Waals surface area contributed by atoms with Crippen molar-refractivity contribution >= 4 is 29.5 Å². The van der Waals surface area contributed by atoms with Gasteiger partial charge in [0.2, 0.25) is 6.08 Å². The maximum atomic E-state index is 13.4. The number of aliphatic imine (C=N–C) groups is 1. The van der Waals surface area contributed by atoms with Crippen molar-refractivity contribution in [1.82, 2.24) is 4.90 Å². The highest BCUT2D eigenvalue weighted by Gasteiger charge is 2.33. The van der Waals surface area contributed by atoms with E-state index in [9.17, 15) is 23.9 Å². The number of anilines is 1. The number of carboxylic acids is 1. The van der Waals surface area contributed by atoms with E-state index in [1.165, 1.54) is 18.2 Å². The number of hydrogen-bond donors (Lipinski definition) is 2. The number of aromatic carboxylic acids is 1. The lowest BCUT2D eigenvalue weighted by molar-refractivity contribution is -0.0524. The molecule has 232 valence electrons. The van der Waals surface area contributed by atoms with Gasteiger partial charge in [-0.05, 0) is 86.9 Å². The Bertz CT molecular complexity index is 1440. The number of aryl methyl sites for hydroxylation is 1. The number of carbonyl (C=O) groups excluding carboxylic acids is 2. The average molecular weight is 604 g/mol. The topological polar surface area (TPSA) is 118 Å². The summed E-state index contributed by atoms with van der Waals surface area (Å²) in [6, 6.07) is 20.3. The summed E-state index contributed by atoms with van der Waals surface area (Å²) >= 11 is 0. The number of para-hydroxylation sites is 1. The van der Waals surface area contributed by atoms with Crippen LogP contribution in [0.4, 0.5) is 20.6 Å². The van der Waals surface area contributed by atoms with Crippen molar-refractivity contribution in [3.63, 3.8) is 0 Å². The second-order valence-corrected chi connectivity index (χ2v) is 10.9. The van der Waals surface area contributed by atoms with Crippen molar-refractivity contribution in [2.45, 2.75) is 70.3 Å². The lowest BCUT2D eigenvalue weighted by Gasteiger charge is -2.30. The molecule has 5 rings (SSSR count). The molecule has 2 fully saturated rings. The maximum Gasteiger partial charge on any atom is 0.336 e. The van der Waals surface area contributed by atoms with Crippen LogP contribution in [-0.4, -0.2) is 59.5 Å². The fourth-order valence-corrected chi connectivity index (χ4v) is 5.24. The summed E-state index contributed by atoms with van der Waals surface area (Å²) in [5.74, 6) is -1.33. The van der Waals surface area contributed by atoms with Gasteiger partial charge in [0, 0.05) is 18.3 Å². The van der Waals surface area contributed by atoms with Gasteiger partial charge >= 0.3 is 12.0 Å². The van der Waals surface area contributed by atoms with E-state index in [0.717, 1.165) is 44.1 Å². The van der Waals surface area contributed by atoms with E-state index < -0.39 is 5.97 Å². The number of urea groups is 1. The molecule has 0 heterocycles. The van der Waals surface area contributed by atoms with Crippen LogP contribution in [0.2, 0.25) is 0 Å². The molecule has 0 spiro atoms. The second-order valence-electron chi connectivity index (χ2n) is 10.9. The molecule has 2 atom stereocenters. The summed E-state index contributed by atoms with van der Waals surface area (Å²) in [4.78, 5) is 39.2. The Morgan fingerprint density at radius 3 is 2.41 bits per heavy atom. The zero-order chi connectivity index (χ0) is 31.3. The van der Waals surface area contributed by atoms with Gasteiger partial charge in [-0.2, -0.15) is 4.99 Å². The van der Waals surface area contributed by atoms with Crippen LogP contribution in [0.5, 0.6) is 0 Å². The largest absolute Gasteiger partial charge is 0.478 e. The number of halogens is 1. The first-order valence-electron chi connectivity index (χ1n) is 14.8. The Labute approximate surface area is 256 Å². The normalized spacial score (nSPS) is 17.4. The molecule has 3 aromatic rings. The van der Waals surface area contributed by atoms with E-state index in [0.29, 0.717) is 35.7 Å². The fourth-order valence-electron chi connectivity index (χ4n) is 5.24. The summed E-state index contributed by atoms with van der Waals surface area (Å²) in [6.45, 7) is 2.95. The van der Waals surface area contributed by atoms with Crippen molar-refractivity contribution in [3.8, 4) is 0 Å². The Kier molecular flexibility index (Phi) is 12.2. The third-order valence-corrected chi connectivity index (χ3v) is 7.57. The van der Waals surface area contributed by atoms with Crippen molar-refractivity contribution in [3.05, 3.63) is 95.3 Å². The van der Waals surface area contributed by atoms with Crippen LogP contribution >= 0.6 is 0 Å². The van der Waals surface area contributed by atoms with Crippen LogP contribution in [0, 0.1) is 12.7 Å². The molecule has 0 aromatic heterocycles. The van der Waals surface area contributed by atoms with E-state index in [4.69, 9.17) is 9.47 Å². The van der Waals surface area contributed by atoms with Crippen molar-refractivity contribution in [2.75, 3.05) is 18.5 Å². The monoisotopic (exact) mass is 603 g/mol. The Morgan fingerprint density at radius 1 is 1.00 bits per heavy atom. The van der Waals surface area contributed by atoms with Crippen LogP contribution in [0.15, 0.2) is 77.8 Å². The van der Waals surface area contributed by atoms with Crippen LogP contribution in [-0.2, 0) is 20.9 Å². The molecular formula is C34H38FN3O6. The van der Waals surface area contributed by atoms with Gasteiger partial charge in [0.05, 0.1) is 36.7 Å². The predicted octanol–water partition coefficient (Wildman–Crippen LogP) is 7.03. The first-order valence-corrected chi connectivity index (χ1v) is 14.8. The quantitative estimate of drug-likeness (QED) is 0.180. The third-order valence-electron chi connectivity index (χ3n) is 7.57. The molecule has 2 amide bonds. The number of hydrogen-bond acceptors (Lipinski definition) is 6. The molecule has 0 aliphatic heterocycles. The van der Waals surface area contributed by atoms with Gasteiger partial charge in [0.25, 0.3) is 0 Å². The van der Waals surface area contributed by atoms with Gasteiger partial charge < -0.3 is 24.8 Å². The van der Waals surface area contributed by atoms with E-state index >= 15 is 0 Å². The molecule has 2 saturated carbocycles. The van der Waals surface area contributed by atoms with Crippen molar-refractivity contribution in [2.24, 2.45) is 4.99 Å². The number of carbonyl (C=O) groups is 2. The Balaban J connectivity index is 0.000000421. The molecule has 3 aromatic carbocycles. The Hall–Kier alpha value is -4.37. The third kappa shape index (κ3) is 10.1. The number of ether oxygens (including phenoxy) is 2. The molecule has 0 saturated heterocycles. The molecular weight excluding hydrogens is 565 g/mol. The molecule has 2 N–H and O–H groups in total. The summed E-state index contributed by atoms with van der Waals surface area (Å²) in [6.07, 6.45) is 7.00. The number of carboxylic acid groups (broad SMARTS) is 1. The lowest BCUT2D eigenvalue weighted by Crippen LogP contribution is -2.40. The molecule has 0 radical (unpaired) electrons. The first-order chi connectivity index (χ1) is 21.3.